The van der Waals surface area contributed by atoms with Gasteiger partial charge in [-0.25, -0.2) is 0 Å². The Bertz CT molecular complexity index is 2140. The zero-order valence-electron chi connectivity index (χ0n) is 20.7. The number of rotatable bonds is 1. The molecule has 9 rings (SSSR count). The molecule has 2 nitrogen and oxygen atoms in total. The first-order chi connectivity index (χ1) is 18.1. The van der Waals surface area contributed by atoms with Crippen molar-refractivity contribution in [2.24, 2.45) is 0 Å². The first-order valence-corrected chi connectivity index (χ1v) is 13.1. The van der Waals surface area contributed by atoms with Gasteiger partial charge in [-0.05, 0) is 39.9 Å². The average Bonchev–Trinajstić information content (AvgIpc) is 3.48. The maximum atomic E-state index is 6.46. The van der Waals surface area contributed by atoms with Gasteiger partial charge in [-0.15, -0.1) is 0 Å². The molecule has 0 saturated heterocycles. The topological polar surface area (TPSA) is 18.1 Å². The molecule has 2 aromatic heterocycles. The van der Waals surface area contributed by atoms with E-state index in [0.717, 1.165) is 27.5 Å². The second kappa shape index (κ2) is 6.55. The van der Waals surface area contributed by atoms with E-state index >= 15 is 0 Å². The highest BCUT2D eigenvalue weighted by molar-refractivity contribution is 6.39. The summed E-state index contributed by atoms with van der Waals surface area (Å²) < 4.78 is 9.02. The molecule has 0 amide bonds. The van der Waals surface area contributed by atoms with Gasteiger partial charge >= 0.3 is 0 Å². The fourth-order valence-electron chi connectivity index (χ4n) is 7.25. The molecule has 4 heterocycles. The second-order valence-corrected chi connectivity index (χ2v) is 10.8. The molecule has 2 aliphatic rings. The Morgan fingerprint density at radius 1 is 0.622 bits per heavy atom. The molecule has 2 radical (unpaired) electrons. The lowest BCUT2D eigenvalue weighted by molar-refractivity contribution is 0.672. The smallest absolute Gasteiger partial charge is 0.143 e. The highest BCUT2D eigenvalue weighted by Crippen LogP contribution is 2.52. The van der Waals surface area contributed by atoms with Crippen LogP contribution in [-0.2, 0) is 0 Å². The number of benzene rings is 5. The van der Waals surface area contributed by atoms with Crippen LogP contribution >= 0.6 is 0 Å². The Morgan fingerprint density at radius 2 is 1.24 bits per heavy atom. The zero-order valence-corrected chi connectivity index (χ0v) is 20.7. The van der Waals surface area contributed by atoms with Gasteiger partial charge in [-0.1, -0.05) is 92.1 Å². The highest BCUT2D eigenvalue weighted by Gasteiger charge is 2.35. The molecule has 2 unspecified atom stereocenters. The predicted molar refractivity (Wildman–Crippen MR) is 154 cm³/mol. The fraction of sp³-hybridized carbons (Fsp3) is 0.118. The minimum atomic E-state index is 0.300. The molecule has 2 atom stereocenters. The van der Waals surface area contributed by atoms with Crippen LogP contribution in [0, 0.1) is 0 Å². The molecule has 0 aliphatic carbocycles. The summed E-state index contributed by atoms with van der Waals surface area (Å²) in [7, 11) is 6.30. The van der Waals surface area contributed by atoms with E-state index in [0.29, 0.717) is 17.3 Å². The Morgan fingerprint density at radius 3 is 2.08 bits per heavy atom. The van der Waals surface area contributed by atoms with Crippen LogP contribution in [0.5, 0.6) is 0 Å². The van der Waals surface area contributed by atoms with Crippen molar-refractivity contribution in [2.75, 3.05) is 0 Å². The molecule has 7 aromatic rings. The zero-order chi connectivity index (χ0) is 24.6. The van der Waals surface area contributed by atoms with Crippen molar-refractivity contribution in [3.63, 3.8) is 0 Å². The van der Waals surface area contributed by atoms with Crippen LogP contribution in [0.25, 0.3) is 60.6 Å². The third-order valence-corrected chi connectivity index (χ3v) is 9.00. The summed E-state index contributed by atoms with van der Waals surface area (Å²) in [6.45, 7) is 4.71. The normalized spacial score (nSPS) is 17.6. The summed E-state index contributed by atoms with van der Waals surface area (Å²) in [5.74, 6) is 0.673. The molecule has 5 aromatic carbocycles. The maximum Gasteiger partial charge on any atom is 0.143 e. The van der Waals surface area contributed by atoms with Gasteiger partial charge in [0.05, 0.1) is 16.7 Å². The summed E-state index contributed by atoms with van der Waals surface area (Å²) in [5.41, 5.74) is 14.4. The molecule has 0 spiro atoms. The summed E-state index contributed by atoms with van der Waals surface area (Å²) in [4.78, 5) is 0. The van der Waals surface area contributed by atoms with E-state index in [-0.39, 0.29) is 0 Å². The maximum absolute atomic E-state index is 6.46. The monoisotopic (exact) mass is 471 g/mol. The number of fused-ring (bicyclic) bond motifs is 4. The van der Waals surface area contributed by atoms with Gasteiger partial charge in [-0.3, -0.25) is 0 Å². The fourth-order valence-corrected chi connectivity index (χ4v) is 7.25. The van der Waals surface area contributed by atoms with E-state index in [1.165, 1.54) is 55.3 Å². The number of hydrogen-bond donors (Lipinski definition) is 0. The van der Waals surface area contributed by atoms with Gasteiger partial charge in [0.2, 0.25) is 0 Å². The lowest BCUT2D eigenvalue weighted by atomic mass is 9.80. The third kappa shape index (κ3) is 2.25. The van der Waals surface area contributed by atoms with E-state index in [2.05, 4.69) is 91.2 Å². The summed E-state index contributed by atoms with van der Waals surface area (Å²) in [6.07, 6.45) is 0. The number of para-hydroxylation sites is 4. The first kappa shape index (κ1) is 19.9. The lowest BCUT2D eigenvalue weighted by Crippen LogP contribution is -2.19. The summed E-state index contributed by atoms with van der Waals surface area (Å²) in [5, 5.41) is 4.82. The van der Waals surface area contributed by atoms with Crippen LogP contribution in [0.15, 0.2) is 89.3 Å². The SMILES string of the molecule is [B]c1cccc2c1oc1c(-c3cc4c5c(c3)c3cccc6c3n5-c3c(cccc3C4C)C6C)cccc12. The van der Waals surface area contributed by atoms with Crippen molar-refractivity contribution in [2.45, 2.75) is 25.7 Å². The Kier molecular flexibility index (Phi) is 3.52. The highest BCUT2D eigenvalue weighted by atomic mass is 16.3. The molecule has 3 heteroatoms. The van der Waals surface area contributed by atoms with Crippen LogP contribution in [-0.4, -0.2) is 12.4 Å². The van der Waals surface area contributed by atoms with E-state index in [9.17, 15) is 0 Å². The van der Waals surface area contributed by atoms with Gasteiger partial charge in [-0.2, -0.15) is 0 Å². The number of furan rings is 1. The largest absolute Gasteiger partial charge is 0.456 e. The van der Waals surface area contributed by atoms with Crippen molar-refractivity contribution in [1.82, 2.24) is 4.57 Å². The average molecular weight is 471 g/mol. The van der Waals surface area contributed by atoms with Gasteiger partial charge in [0.25, 0.3) is 0 Å². The summed E-state index contributed by atoms with van der Waals surface area (Å²) >= 11 is 0. The van der Waals surface area contributed by atoms with Crippen molar-refractivity contribution < 1.29 is 4.42 Å². The number of aromatic nitrogens is 1. The third-order valence-electron chi connectivity index (χ3n) is 9.00. The van der Waals surface area contributed by atoms with Crippen LogP contribution < -0.4 is 5.46 Å². The Labute approximate surface area is 215 Å². The first-order valence-electron chi connectivity index (χ1n) is 13.1. The van der Waals surface area contributed by atoms with E-state index < -0.39 is 0 Å². The van der Waals surface area contributed by atoms with Crippen molar-refractivity contribution in [3.05, 3.63) is 107 Å². The minimum absolute atomic E-state index is 0.300. The van der Waals surface area contributed by atoms with Crippen LogP contribution in [0.4, 0.5) is 0 Å². The van der Waals surface area contributed by atoms with Crippen molar-refractivity contribution in [1.29, 1.82) is 0 Å². The molecule has 37 heavy (non-hydrogen) atoms. The van der Waals surface area contributed by atoms with Crippen LogP contribution in [0.1, 0.15) is 47.9 Å². The number of hydrogen-bond acceptors (Lipinski definition) is 1. The van der Waals surface area contributed by atoms with Gasteiger partial charge in [0.15, 0.2) is 0 Å². The minimum Gasteiger partial charge on any atom is -0.456 e. The van der Waals surface area contributed by atoms with Crippen LogP contribution in [0.3, 0.4) is 0 Å². The molecule has 172 valence electrons. The quantitative estimate of drug-likeness (QED) is 0.222. The van der Waals surface area contributed by atoms with Gasteiger partial charge < -0.3 is 8.98 Å². The molecular weight excluding hydrogens is 449 g/mol. The standard InChI is InChI=1S/C34H22BNO/c1-17-20-7-3-8-22-18(2)27-15-19(16-28-24-11-4-9-21(17)31(24)36(30(20)22)32(27)28)23-10-5-12-25-26-13-6-14-29(35)34(26)37-33(23)25/h3-18H,1-2H3. The van der Waals surface area contributed by atoms with Gasteiger partial charge in [0.1, 0.15) is 19.0 Å². The van der Waals surface area contributed by atoms with Crippen molar-refractivity contribution in [3.8, 4) is 16.8 Å². The van der Waals surface area contributed by atoms with E-state index in [4.69, 9.17) is 12.3 Å². The predicted octanol–water partition coefficient (Wildman–Crippen LogP) is 8.07. The van der Waals surface area contributed by atoms with Crippen molar-refractivity contribution >= 4 is 57.1 Å². The van der Waals surface area contributed by atoms with Crippen LogP contribution in [0.2, 0.25) is 0 Å². The van der Waals surface area contributed by atoms with E-state index in [1.807, 2.05) is 12.1 Å². The Hall–Kier alpha value is -4.24. The molecule has 0 fully saturated rings. The number of nitrogens with zero attached hydrogens (tertiary/aromatic N) is 1. The summed E-state index contributed by atoms with van der Waals surface area (Å²) in [6, 6.07) is 30.9. The van der Waals surface area contributed by atoms with Gasteiger partial charge in [0, 0.05) is 38.9 Å². The molecular formula is C34H22BNO. The molecule has 2 aliphatic heterocycles. The Balaban J connectivity index is 1.45. The lowest BCUT2D eigenvalue weighted by Gasteiger charge is -2.33. The van der Waals surface area contributed by atoms with E-state index in [1.54, 1.807) is 0 Å². The molecule has 0 saturated carbocycles. The second-order valence-electron chi connectivity index (χ2n) is 10.8. The molecule has 0 bridgehead atoms. The molecule has 0 N–H and O–H groups in total.